The van der Waals surface area contributed by atoms with Crippen molar-refractivity contribution in [3.63, 3.8) is 0 Å². The maximum atomic E-state index is 5.80. The van der Waals surface area contributed by atoms with Crippen LogP contribution in [-0.2, 0) is 5.41 Å². The third-order valence-electron chi connectivity index (χ3n) is 3.14. The number of benzene rings is 1. The van der Waals surface area contributed by atoms with Gasteiger partial charge in [-0.25, -0.2) is 4.98 Å². The Morgan fingerprint density at radius 3 is 2.78 bits per heavy atom. The fourth-order valence-corrected chi connectivity index (χ4v) is 3.09. The Morgan fingerprint density at radius 1 is 1.39 bits per heavy atom. The largest absolute Gasteiger partial charge is 0.330 e. The smallest absolute Gasteiger partial charge is 0.123 e. The second kappa shape index (κ2) is 5.11. The molecule has 0 spiro atoms. The summed E-state index contributed by atoms with van der Waals surface area (Å²) in [7, 11) is 0. The number of aromatic nitrogens is 1. The Labute approximate surface area is 120 Å². The summed E-state index contributed by atoms with van der Waals surface area (Å²) in [5, 5.41) is 3.17. The molecule has 0 aliphatic heterocycles. The lowest BCUT2D eigenvalue weighted by Crippen LogP contribution is -2.28. The molecule has 0 aliphatic carbocycles. The van der Waals surface area contributed by atoms with Crippen LogP contribution in [0.15, 0.2) is 28.1 Å². The molecular weight excluding hydrogens is 308 g/mol. The SMILES string of the molecule is Cc1ccc(Br)cc1-c1nc(C(C)(C)CN)cs1. The van der Waals surface area contributed by atoms with Crippen molar-refractivity contribution in [1.82, 2.24) is 4.98 Å². The van der Waals surface area contributed by atoms with Gasteiger partial charge in [-0.1, -0.05) is 35.8 Å². The van der Waals surface area contributed by atoms with Crippen molar-refractivity contribution < 1.29 is 0 Å². The summed E-state index contributed by atoms with van der Waals surface area (Å²) in [6.07, 6.45) is 0. The zero-order valence-electron chi connectivity index (χ0n) is 10.8. The molecule has 2 aromatic rings. The van der Waals surface area contributed by atoms with E-state index in [1.165, 1.54) is 11.1 Å². The van der Waals surface area contributed by atoms with Crippen LogP contribution in [0, 0.1) is 6.92 Å². The first-order valence-corrected chi connectivity index (χ1v) is 7.54. The number of hydrogen-bond donors (Lipinski definition) is 1. The van der Waals surface area contributed by atoms with E-state index in [-0.39, 0.29) is 5.41 Å². The number of rotatable bonds is 3. The monoisotopic (exact) mass is 324 g/mol. The number of nitrogens with zero attached hydrogens (tertiary/aromatic N) is 1. The third-order valence-corrected chi connectivity index (χ3v) is 4.51. The molecule has 1 aromatic carbocycles. The van der Waals surface area contributed by atoms with E-state index in [4.69, 9.17) is 10.7 Å². The van der Waals surface area contributed by atoms with E-state index in [9.17, 15) is 0 Å². The highest BCUT2D eigenvalue weighted by atomic mass is 79.9. The van der Waals surface area contributed by atoms with Gasteiger partial charge < -0.3 is 5.73 Å². The molecule has 0 saturated carbocycles. The van der Waals surface area contributed by atoms with Gasteiger partial charge in [0.25, 0.3) is 0 Å². The van der Waals surface area contributed by atoms with Gasteiger partial charge in [0.2, 0.25) is 0 Å². The molecule has 0 unspecified atom stereocenters. The molecule has 2 nitrogen and oxygen atoms in total. The molecule has 1 aromatic heterocycles. The Hall–Kier alpha value is -0.710. The van der Waals surface area contributed by atoms with Crippen molar-refractivity contribution in [3.8, 4) is 10.6 Å². The number of hydrogen-bond acceptors (Lipinski definition) is 3. The van der Waals surface area contributed by atoms with Crippen LogP contribution in [0.25, 0.3) is 10.6 Å². The molecule has 18 heavy (non-hydrogen) atoms. The summed E-state index contributed by atoms with van der Waals surface area (Å²) < 4.78 is 1.08. The average molecular weight is 325 g/mol. The van der Waals surface area contributed by atoms with Gasteiger partial charge >= 0.3 is 0 Å². The quantitative estimate of drug-likeness (QED) is 0.922. The van der Waals surface area contributed by atoms with E-state index in [1.54, 1.807) is 11.3 Å². The van der Waals surface area contributed by atoms with E-state index >= 15 is 0 Å². The summed E-state index contributed by atoms with van der Waals surface area (Å²) in [5.41, 5.74) is 9.24. The first-order valence-electron chi connectivity index (χ1n) is 5.86. The van der Waals surface area contributed by atoms with Crippen LogP contribution in [0.5, 0.6) is 0 Å². The standard InChI is InChI=1S/C14H17BrN2S/c1-9-4-5-10(15)6-11(9)13-17-12(7-18-13)14(2,3)8-16/h4-7H,8,16H2,1-3H3. The van der Waals surface area contributed by atoms with Crippen LogP contribution >= 0.6 is 27.3 Å². The number of halogens is 1. The van der Waals surface area contributed by atoms with Crippen LogP contribution in [0.1, 0.15) is 25.1 Å². The van der Waals surface area contributed by atoms with E-state index in [2.05, 4.69) is 60.3 Å². The highest BCUT2D eigenvalue weighted by Gasteiger charge is 2.22. The molecule has 0 aliphatic rings. The average Bonchev–Trinajstić information content (AvgIpc) is 2.82. The molecule has 0 saturated heterocycles. The van der Waals surface area contributed by atoms with Crippen molar-refractivity contribution in [3.05, 3.63) is 39.3 Å². The van der Waals surface area contributed by atoms with E-state index in [0.29, 0.717) is 6.54 Å². The topological polar surface area (TPSA) is 38.9 Å². The van der Waals surface area contributed by atoms with Crippen LogP contribution in [0.4, 0.5) is 0 Å². The van der Waals surface area contributed by atoms with Crippen LogP contribution < -0.4 is 5.73 Å². The maximum Gasteiger partial charge on any atom is 0.123 e. The van der Waals surface area contributed by atoms with Gasteiger partial charge in [-0.15, -0.1) is 11.3 Å². The van der Waals surface area contributed by atoms with Crippen LogP contribution in [0.3, 0.4) is 0 Å². The van der Waals surface area contributed by atoms with Crippen molar-refractivity contribution >= 4 is 27.3 Å². The van der Waals surface area contributed by atoms with Gasteiger partial charge in [0.1, 0.15) is 5.01 Å². The fourth-order valence-electron chi connectivity index (χ4n) is 1.64. The summed E-state index contributed by atoms with van der Waals surface area (Å²) in [5.74, 6) is 0. The first-order chi connectivity index (χ1) is 8.44. The van der Waals surface area contributed by atoms with Crippen molar-refractivity contribution in [2.45, 2.75) is 26.2 Å². The molecule has 1 heterocycles. The summed E-state index contributed by atoms with van der Waals surface area (Å²) >= 11 is 5.19. The molecule has 0 fully saturated rings. The summed E-state index contributed by atoms with van der Waals surface area (Å²) in [6, 6.07) is 6.28. The Kier molecular flexibility index (Phi) is 3.90. The highest BCUT2D eigenvalue weighted by molar-refractivity contribution is 9.10. The molecule has 96 valence electrons. The minimum atomic E-state index is -0.0608. The number of nitrogens with two attached hydrogens (primary N) is 1. The number of aryl methyl sites for hydroxylation is 1. The highest BCUT2D eigenvalue weighted by Crippen LogP contribution is 2.32. The zero-order valence-corrected chi connectivity index (χ0v) is 13.2. The Morgan fingerprint density at radius 2 is 2.11 bits per heavy atom. The summed E-state index contributed by atoms with van der Waals surface area (Å²) in [6.45, 7) is 6.96. The molecule has 0 radical (unpaired) electrons. The Balaban J connectivity index is 2.44. The predicted octanol–water partition coefficient (Wildman–Crippen LogP) is 4.12. The minimum Gasteiger partial charge on any atom is -0.330 e. The molecule has 0 bridgehead atoms. The predicted molar refractivity (Wildman–Crippen MR) is 82.1 cm³/mol. The minimum absolute atomic E-state index is 0.0608. The van der Waals surface area contributed by atoms with Gasteiger partial charge in [0, 0.05) is 27.4 Å². The Bertz CT molecular complexity index is 561. The summed E-state index contributed by atoms with van der Waals surface area (Å²) in [4.78, 5) is 4.74. The zero-order chi connectivity index (χ0) is 13.3. The second-order valence-corrected chi connectivity index (χ2v) is 6.86. The molecule has 0 amide bonds. The molecule has 2 rings (SSSR count). The molecule has 0 atom stereocenters. The first kappa shape index (κ1) is 13.7. The van der Waals surface area contributed by atoms with Gasteiger partial charge in [-0.05, 0) is 24.6 Å². The van der Waals surface area contributed by atoms with Crippen LogP contribution in [-0.4, -0.2) is 11.5 Å². The van der Waals surface area contributed by atoms with Crippen molar-refractivity contribution in [2.24, 2.45) is 5.73 Å². The van der Waals surface area contributed by atoms with Gasteiger partial charge in [0.15, 0.2) is 0 Å². The van der Waals surface area contributed by atoms with Gasteiger partial charge in [-0.2, -0.15) is 0 Å². The van der Waals surface area contributed by atoms with E-state index in [0.717, 1.165) is 15.2 Å². The van der Waals surface area contributed by atoms with Crippen molar-refractivity contribution in [2.75, 3.05) is 6.54 Å². The van der Waals surface area contributed by atoms with Crippen molar-refractivity contribution in [1.29, 1.82) is 0 Å². The lowest BCUT2D eigenvalue weighted by molar-refractivity contribution is 0.525. The third kappa shape index (κ3) is 2.66. The van der Waals surface area contributed by atoms with Gasteiger partial charge in [-0.3, -0.25) is 0 Å². The molecular formula is C14H17BrN2S. The van der Waals surface area contributed by atoms with E-state index < -0.39 is 0 Å². The molecule has 4 heteroatoms. The maximum absolute atomic E-state index is 5.80. The lowest BCUT2D eigenvalue weighted by Gasteiger charge is -2.19. The number of thiazole rings is 1. The molecule has 2 N–H and O–H groups in total. The normalized spacial score (nSPS) is 11.8. The van der Waals surface area contributed by atoms with E-state index in [1.807, 2.05) is 0 Å². The second-order valence-electron chi connectivity index (χ2n) is 5.09. The van der Waals surface area contributed by atoms with Crippen LogP contribution in [0.2, 0.25) is 0 Å². The fraction of sp³-hybridized carbons (Fsp3) is 0.357. The van der Waals surface area contributed by atoms with Gasteiger partial charge in [0.05, 0.1) is 5.69 Å². The lowest BCUT2D eigenvalue weighted by atomic mass is 9.90.